The summed E-state index contributed by atoms with van der Waals surface area (Å²) in [6, 6.07) is 0. The summed E-state index contributed by atoms with van der Waals surface area (Å²) in [7, 11) is 0. The number of carbonyl (C=O) groups excluding carboxylic acids is 1. The quantitative estimate of drug-likeness (QED) is 0.652. The zero-order valence-corrected chi connectivity index (χ0v) is 6.57. The Morgan fingerprint density at radius 3 is 2.80 bits per heavy atom. The lowest BCUT2D eigenvalue weighted by molar-refractivity contribution is 0.100. The molecule has 0 aliphatic carbocycles. The standard InChI is InChI=1S/C7H9NOS/c1-5-3-10-4-6(5)7(9)2-8/h3-4H,2,8H2,1H3. The van der Waals surface area contributed by atoms with Crippen LogP contribution in [0.5, 0.6) is 0 Å². The summed E-state index contributed by atoms with van der Waals surface area (Å²) in [5.74, 6) is 0.0266. The molecule has 54 valence electrons. The number of ketones is 1. The molecule has 3 heteroatoms. The van der Waals surface area contributed by atoms with Crippen molar-refractivity contribution in [1.29, 1.82) is 0 Å². The minimum Gasteiger partial charge on any atom is -0.324 e. The molecule has 0 aromatic carbocycles. The second-order valence-corrected chi connectivity index (χ2v) is 2.84. The lowest BCUT2D eigenvalue weighted by Gasteiger charge is -1.92. The lowest BCUT2D eigenvalue weighted by atomic mass is 10.1. The van der Waals surface area contributed by atoms with Crippen molar-refractivity contribution in [3.05, 3.63) is 21.9 Å². The Morgan fingerprint density at radius 1 is 1.70 bits per heavy atom. The first-order valence-electron chi connectivity index (χ1n) is 3.01. The number of thiophene rings is 1. The molecule has 0 saturated carbocycles. The third-order valence-electron chi connectivity index (χ3n) is 1.34. The Morgan fingerprint density at radius 2 is 2.40 bits per heavy atom. The van der Waals surface area contributed by atoms with Gasteiger partial charge in [-0.2, -0.15) is 11.3 Å². The van der Waals surface area contributed by atoms with Gasteiger partial charge in [-0.25, -0.2) is 0 Å². The van der Waals surface area contributed by atoms with Gasteiger partial charge in [0, 0.05) is 10.9 Å². The Bertz CT molecular complexity index is 242. The zero-order chi connectivity index (χ0) is 7.56. The minimum atomic E-state index is 0.0266. The number of aryl methyl sites for hydroxylation is 1. The van der Waals surface area contributed by atoms with Crippen LogP contribution in [0.15, 0.2) is 10.8 Å². The highest BCUT2D eigenvalue weighted by molar-refractivity contribution is 7.08. The number of nitrogens with two attached hydrogens (primary N) is 1. The van der Waals surface area contributed by atoms with E-state index in [1.165, 1.54) is 11.3 Å². The van der Waals surface area contributed by atoms with Gasteiger partial charge in [0.2, 0.25) is 0 Å². The maximum absolute atomic E-state index is 11.0. The van der Waals surface area contributed by atoms with E-state index >= 15 is 0 Å². The molecule has 1 aromatic heterocycles. The predicted octanol–water partition coefficient (Wildman–Crippen LogP) is 1.20. The SMILES string of the molecule is Cc1cscc1C(=O)CN. The molecule has 0 unspecified atom stereocenters. The summed E-state index contributed by atoms with van der Waals surface area (Å²) < 4.78 is 0. The summed E-state index contributed by atoms with van der Waals surface area (Å²) in [6.07, 6.45) is 0. The van der Waals surface area contributed by atoms with E-state index in [4.69, 9.17) is 5.73 Å². The van der Waals surface area contributed by atoms with Crippen LogP contribution >= 0.6 is 11.3 Å². The fraction of sp³-hybridized carbons (Fsp3) is 0.286. The lowest BCUT2D eigenvalue weighted by Crippen LogP contribution is -2.13. The van der Waals surface area contributed by atoms with Crippen molar-refractivity contribution in [2.45, 2.75) is 6.92 Å². The van der Waals surface area contributed by atoms with Gasteiger partial charge in [0.1, 0.15) is 0 Å². The van der Waals surface area contributed by atoms with Gasteiger partial charge in [-0.15, -0.1) is 0 Å². The number of carbonyl (C=O) groups is 1. The van der Waals surface area contributed by atoms with Gasteiger partial charge < -0.3 is 5.73 Å². The van der Waals surface area contributed by atoms with Crippen molar-refractivity contribution in [2.24, 2.45) is 5.73 Å². The van der Waals surface area contributed by atoms with Crippen LogP contribution < -0.4 is 5.73 Å². The topological polar surface area (TPSA) is 43.1 Å². The van der Waals surface area contributed by atoms with Crippen LogP contribution in [0, 0.1) is 6.92 Å². The van der Waals surface area contributed by atoms with E-state index in [1.807, 2.05) is 17.7 Å². The third kappa shape index (κ3) is 1.25. The number of hydrogen-bond donors (Lipinski definition) is 1. The molecular weight excluding hydrogens is 146 g/mol. The molecule has 2 N–H and O–H groups in total. The van der Waals surface area contributed by atoms with Crippen molar-refractivity contribution in [3.63, 3.8) is 0 Å². The number of hydrogen-bond acceptors (Lipinski definition) is 3. The van der Waals surface area contributed by atoms with Crippen LogP contribution in [0.1, 0.15) is 15.9 Å². The molecule has 2 nitrogen and oxygen atoms in total. The van der Waals surface area contributed by atoms with Crippen molar-refractivity contribution in [2.75, 3.05) is 6.54 Å². The van der Waals surface area contributed by atoms with Gasteiger partial charge in [0.25, 0.3) is 0 Å². The number of rotatable bonds is 2. The summed E-state index contributed by atoms with van der Waals surface area (Å²) in [5.41, 5.74) is 6.99. The van der Waals surface area contributed by atoms with Gasteiger partial charge in [0.15, 0.2) is 5.78 Å². The van der Waals surface area contributed by atoms with Crippen molar-refractivity contribution in [3.8, 4) is 0 Å². The van der Waals surface area contributed by atoms with E-state index in [-0.39, 0.29) is 12.3 Å². The number of Topliss-reactive ketones (excluding diaryl/α,β-unsaturated/α-hetero) is 1. The molecule has 0 fully saturated rings. The van der Waals surface area contributed by atoms with Crippen molar-refractivity contribution < 1.29 is 4.79 Å². The Balaban J connectivity index is 2.93. The highest BCUT2D eigenvalue weighted by Crippen LogP contribution is 2.13. The Hall–Kier alpha value is -0.670. The largest absolute Gasteiger partial charge is 0.324 e. The monoisotopic (exact) mass is 155 g/mol. The maximum Gasteiger partial charge on any atom is 0.177 e. The first-order chi connectivity index (χ1) is 4.75. The normalized spacial score (nSPS) is 9.80. The first-order valence-corrected chi connectivity index (χ1v) is 3.96. The second-order valence-electron chi connectivity index (χ2n) is 2.10. The van der Waals surface area contributed by atoms with Crippen LogP contribution in [0.2, 0.25) is 0 Å². The summed E-state index contributed by atoms with van der Waals surface area (Å²) in [6.45, 7) is 2.02. The van der Waals surface area contributed by atoms with E-state index in [2.05, 4.69) is 0 Å². The zero-order valence-electron chi connectivity index (χ0n) is 5.76. The highest BCUT2D eigenvalue weighted by Gasteiger charge is 2.06. The van der Waals surface area contributed by atoms with Crippen molar-refractivity contribution >= 4 is 17.1 Å². The maximum atomic E-state index is 11.0. The first kappa shape index (κ1) is 7.44. The van der Waals surface area contributed by atoms with Gasteiger partial charge >= 0.3 is 0 Å². The predicted molar refractivity (Wildman–Crippen MR) is 42.4 cm³/mol. The van der Waals surface area contributed by atoms with E-state index in [1.54, 1.807) is 0 Å². The molecule has 0 bridgehead atoms. The highest BCUT2D eigenvalue weighted by atomic mass is 32.1. The summed E-state index contributed by atoms with van der Waals surface area (Å²) >= 11 is 1.53. The second kappa shape index (κ2) is 2.94. The molecular formula is C7H9NOS. The fourth-order valence-electron chi connectivity index (χ4n) is 0.756. The van der Waals surface area contributed by atoms with E-state index in [0.717, 1.165) is 11.1 Å². The van der Waals surface area contributed by atoms with Crippen LogP contribution in [0.4, 0.5) is 0 Å². The summed E-state index contributed by atoms with van der Waals surface area (Å²) in [4.78, 5) is 11.0. The average Bonchev–Trinajstić information content (AvgIpc) is 2.34. The minimum absolute atomic E-state index is 0.0266. The Kier molecular flexibility index (Phi) is 2.19. The molecule has 1 rings (SSSR count). The van der Waals surface area contributed by atoms with E-state index in [9.17, 15) is 4.79 Å². The van der Waals surface area contributed by atoms with Crippen LogP contribution in [-0.2, 0) is 0 Å². The molecule has 0 amide bonds. The fourth-order valence-corrected chi connectivity index (χ4v) is 1.61. The van der Waals surface area contributed by atoms with E-state index < -0.39 is 0 Å². The van der Waals surface area contributed by atoms with Crippen molar-refractivity contribution in [1.82, 2.24) is 0 Å². The average molecular weight is 155 g/mol. The summed E-state index contributed by atoms with van der Waals surface area (Å²) in [5, 5.41) is 3.79. The molecule has 0 atom stereocenters. The van der Waals surface area contributed by atoms with Gasteiger partial charge in [-0.05, 0) is 17.9 Å². The Labute approximate surface area is 63.7 Å². The van der Waals surface area contributed by atoms with Crippen LogP contribution in [0.25, 0.3) is 0 Å². The van der Waals surface area contributed by atoms with Gasteiger partial charge in [-0.1, -0.05) is 0 Å². The van der Waals surface area contributed by atoms with E-state index in [0.29, 0.717) is 0 Å². The molecule has 0 saturated heterocycles. The third-order valence-corrected chi connectivity index (χ3v) is 2.20. The molecule has 0 aliphatic heterocycles. The van der Waals surface area contributed by atoms with Gasteiger partial charge in [0.05, 0.1) is 6.54 Å². The molecule has 1 heterocycles. The smallest absolute Gasteiger partial charge is 0.177 e. The molecule has 0 spiro atoms. The van der Waals surface area contributed by atoms with Crippen LogP contribution in [0.3, 0.4) is 0 Å². The molecule has 0 radical (unpaired) electrons. The molecule has 0 aliphatic rings. The molecule has 10 heavy (non-hydrogen) atoms. The van der Waals surface area contributed by atoms with Crippen LogP contribution in [-0.4, -0.2) is 12.3 Å². The molecule has 1 aromatic rings. The van der Waals surface area contributed by atoms with Gasteiger partial charge in [-0.3, -0.25) is 4.79 Å².